The van der Waals surface area contributed by atoms with Crippen LogP contribution in [0.2, 0.25) is 0 Å². The number of benzene rings is 8. The molecule has 0 fully saturated rings. The fourth-order valence-electron chi connectivity index (χ4n) is 8.66. The van der Waals surface area contributed by atoms with Gasteiger partial charge in [-0.15, -0.1) is 0 Å². The zero-order valence-corrected chi connectivity index (χ0v) is 32.3. The summed E-state index contributed by atoms with van der Waals surface area (Å²) >= 11 is 0. The Bertz CT molecular complexity index is 2770. The molecule has 10 aromatic rings. The number of hydrogen-bond acceptors (Lipinski definition) is 1. The lowest BCUT2D eigenvalue weighted by Crippen LogP contribution is -2.74. The lowest BCUT2D eigenvalue weighted by molar-refractivity contribution is 1.17. The van der Waals surface area contributed by atoms with Gasteiger partial charge in [0.2, 0.25) is 0 Å². The molecule has 3 heteroatoms. The topological polar surface area (TPSA) is 8.17 Å². The molecule has 0 radical (unpaired) electrons. The molecule has 0 aliphatic rings. The first-order chi connectivity index (χ1) is 28.3. The van der Waals surface area contributed by atoms with Gasteiger partial charge < -0.3 is 9.47 Å². The average molecular weight is 743 g/mol. The third-order valence-corrected chi connectivity index (χ3v) is 16.0. The van der Waals surface area contributed by atoms with Gasteiger partial charge in [-0.1, -0.05) is 170 Å². The zero-order chi connectivity index (χ0) is 38.0. The average Bonchev–Trinajstić information content (AvgIpc) is 3.63. The summed E-state index contributed by atoms with van der Waals surface area (Å²) < 4.78 is 2.37. The summed E-state index contributed by atoms with van der Waals surface area (Å²) in [6.45, 7) is 0. The van der Waals surface area contributed by atoms with E-state index < -0.39 is 8.07 Å². The fraction of sp³-hybridized carbons (Fsp3) is 0. The Morgan fingerprint density at radius 3 is 1.40 bits per heavy atom. The lowest BCUT2D eigenvalue weighted by atomic mass is 10.1. The van der Waals surface area contributed by atoms with Crippen LogP contribution in [0.25, 0.3) is 38.6 Å². The van der Waals surface area contributed by atoms with Gasteiger partial charge in [0.15, 0.2) is 8.07 Å². The second-order valence-corrected chi connectivity index (χ2v) is 18.2. The first-order valence-electron chi connectivity index (χ1n) is 19.4. The van der Waals surface area contributed by atoms with Crippen LogP contribution in [0.15, 0.2) is 231 Å². The monoisotopic (exact) mass is 742 g/mol. The summed E-state index contributed by atoms with van der Waals surface area (Å²) in [4.78, 5) is 2.37. The maximum Gasteiger partial charge on any atom is 0.179 e. The minimum Gasteiger partial charge on any atom is -0.310 e. The zero-order valence-electron chi connectivity index (χ0n) is 31.3. The van der Waals surface area contributed by atoms with Gasteiger partial charge in [0, 0.05) is 39.1 Å². The Morgan fingerprint density at radius 1 is 0.386 bits per heavy atom. The van der Waals surface area contributed by atoms with Crippen LogP contribution in [0, 0.1) is 12.1 Å². The van der Waals surface area contributed by atoms with Crippen LogP contribution < -0.4 is 25.6 Å². The van der Waals surface area contributed by atoms with Crippen LogP contribution in [0.4, 0.5) is 17.1 Å². The SMILES string of the molecule is c1cccc(-c2cccc(N(c3ccc(-n4c5ccccc5c5ccccc54)cc3)c3ccc([Si](c4ccccc4)(c4ccccc4)c4ccccc4)cc3)c2)c#1. The highest BCUT2D eigenvalue weighted by molar-refractivity contribution is 7.19. The van der Waals surface area contributed by atoms with Gasteiger partial charge in [0.25, 0.3) is 0 Å². The number of hydrogen-bond donors (Lipinski definition) is 0. The van der Waals surface area contributed by atoms with E-state index in [4.69, 9.17) is 0 Å². The third kappa shape index (κ3) is 6.01. The molecule has 0 aliphatic carbocycles. The normalized spacial score (nSPS) is 11.4. The summed E-state index contributed by atoms with van der Waals surface area (Å²) in [5, 5.41) is 7.92. The summed E-state index contributed by atoms with van der Waals surface area (Å²) in [6, 6.07) is 90.2. The predicted molar refractivity (Wildman–Crippen MR) is 242 cm³/mol. The summed E-state index contributed by atoms with van der Waals surface area (Å²) in [7, 11) is -2.68. The summed E-state index contributed by atoms with van der Waals surface area (Å²) in [5.41, 5.74) is 8.86. The molecule has 0 saturated heterocycles. The molecule has 1 heterocycles. The highest BCUT2D eigenvalue weighted by atomic mass is 28.3. The van der Waals surface area contributed by atoms with Gasteiger partial charge in [0.1, 0.15) is 0 Å². The summed E-state index contributed by atoms with van der Waals surface area (Å²) in [6.07, 6.45) is 0. The number of anilines is 3. The number of fused-ring (bicyclic) bond motifs is 3. The number of aromatic nitrogens is 1. The second kappa shape index (κ2) is 14.7. The quantitative estimate of drug-likeness (QED) is 0.106. The van der Waals surface area contributed by atoms with Gasteiger partial charge in [-0.25, -0.2) is 0 Å². The number of rotatable bonds is 9. The molecule has 0 spiro atoms. The van der Waals surface area contributed by atoms with Crippen molar-refractivity contribution < 1.29 is 0 Å². The molecule has 10 rings (SSSR count). The molecule has 2 nitrogen and oxygen atoms in total. The van der Waals surface area contributed by atoms with E-state index in [9.17, 15) is 0 Å². The van der Waals surface area contributed by atoms with Gasteiger partial charge in [-0.3, -0.25) is 0 Å². The van der Waals surface area contributed by atoms with E-state index in [1.807, 2.05) is 12.1 Å². The minimum atomic E-state index is -2.68. The predicted octanol–water partition coefficient (Wildman–Crippen LogP) is 10.9. The molecule has 1 aromatic heterocycles. The van der Waals surface area contributed by atoms with Gasteiger partial charge in [0.05, 0.1) is 11.0 Å². The molecule has 0 aliphatic heterocycles. The number of para-hydroxylation sites is 2. The first-order valence-corrected chi connectivity index (χ1v) is 21.4. The van der Waals surface area contributed by atoms with Crippen molar-refractivity contribution in [1.29, 1.82) is 0 Å². The highest BCUT2D eigenvalue weighted by Crippen LogP contribution is 2.38. The second-order valence-electron chi connectivity index (χ2n) is 14.4. The molecule has 0 saturated carbocycles. The molecule has 57 heavy (non-hydrogen) atoms. The molecule has 0 atom stereocenters. The molecule has 0 unspecified atom stereocenters. The smallest absolute Gasteiger partial charge is 0.179 e. The van der Waals surface area contributed by atoms with Crippen molar-refractivity contribution in [2.45, 2.75) is 0 Å². The van der Waals surface area contributed by atoms with E-state index in [-0.39, 0.29) is 0 Å². The van der Waals surface area contributed by atoms with Crippen molar-refractivity contribution in [3.63, 3.8) is 0 Å². The van der Waals surface area contributed by atoms with Crippen LogP contribution in [-0.4, -0.2) is 12.6 Å². The van der Waals surface area contributed by atoms with Gasteiger partial charge in [-0.05, 0) is 99.1 Å². The van der Waals surface area contributed by atoms with Crippen molar-refractivity contribution in [1.82, 2.24) is 4.57 Å². The van der Waals surface area contributed by atoms with Crippen molar-refractivity contribution >= 4 is 67.7 Å². The third-order valence-electron chi connectivity index (χ3n) is 11.2. The maximum atomic E-state index is 3.31. The van der Waals surface area contributed by atoms with Gasteiger partial charge >= 0.3 is 0 Å². The minimum absolute atomic E-state index is 1.01. The molecular formula is C54H38N2Si. The Labute approximate surface area is 335 Å². The van der Waals surface area contributed by atoms with Crippen LogP contribution in [0.5, 0.6) is 0 Å². The summed E-state index contributed by atoms with van der Waals surface area (Å²) in [5.74, 6) is 0. The lowest BCUT2D eigenvalue weighted by Gasteiger charge is -2.35. The van der Waals surface area contributed by atoms with Crippen LogP contribution >= 0.6 is 0 Å². The number of nitrogens with zero attached hydrogens (tertiary/aromatic N) is 2. The fourth-order valence-corrected chi connectivity index (χ4v) is 13.4. The first kappa shape index (κ1) is 34.1. The standard InChI is InChI=1S/C54H38N2Si/c1-5-18-41(19-6-1)42-20-17-21-46(40-42)55(43-32-34-45(35-33-43)56-53-30-15-13-28-51(53)52-29-14-16-31-54(52)56)44-36-38-50(39-37-44)57(47-22-7-2-8-23-47,48-24-9-3-10-25-48)49-26-11-4-12-27-49/h1-5,7-18,20-40H. The van der Waals surface area contributed by atoms with E-state index in [2.05, 4.69) is 240 Å². The van der Waals surface area contributed by atoms with E-state index in [0.717, 1.165) is 33.9 Å². The van der Waals surface area contributed by atoms with Crippen LogP contribution in [-0.2, 0) is 0 Å². The molecule has 0 N–H and O–H groups in total. The largest absolute Gasteiger partial charge is 0.310 e. The van der Waals surface area contributed by atoms with Gasteiger partial charge in [-0.2, -0.15) is 0 Å². The molecule has 0 amide bonds. The van der Waals surface area contributed by atoms with Crippen LogP contribution in [0.3, 0.4) is 0 Å². The molecule has 9 aromatic carbocycles. The van der Waals surface area contributed by atoms with Crippen molar-refractivity contribution in [3.8, 4) is 16.8 Å². The van der Waals surface area contributed by atoms with Crippen molar-refractivity contribution in [2.75, 3.05) is 4.90 Å². The molecular weight excluding hydrogens is 705 g/mol. The van der Waals surface area contributed by atoms with E-state index in [1.54, 1.807) is 0 Å². The Morgan fingerprint density at radius 2 is 0.877 bits per heavy atom. The Kier molecular flexibility index (Phi) is 8.80. The van der Waals surface area contributed by atoms with Crippen molar-refractivity contribution in [2.24, 2.45) is 0 Å². The Balaban J connectivity index is 1.14. The van der Waals surface area contributed by atoms with Crippen LogP contribution in [0.1, 0.15) is 0 Å². The molecule has 268 valence electrons. The maximum absolute atomic E-state index is 3.31. The molecule has 0 bridgehead atoms. The Hall–Kier alpha value is -7.38. The highest BCUT2D eigenvalue weighted by Gasteiger charge is 2.41. The van der Waals surface area contributed by atoms with Crippen molar-refractivity contribution in [3.05, 3.63) is 243 Å². The van der Waals surface area contributed by atoms with E-state index >= 15 is 0 Å². The van der Waals surface area contributed by atoms with E-state index in [0.29, 0.717) is 0 Å². The van der Waals surface area contributed by atoms with E-state index in [1.165, 1.54) is 42.6 Å².